The Bertz CT molecular complexity index is 309. The third kappa shape index (κ3) is 1.89. The van der Waals surface area contributed by atoms with Gasteiger partial charge in [0.25, 0.3) is 0 Å². The first-order chi connectivity index (χ1) is 6.29. The second-order valence-corrected chi connectivity index (χ2v) is 4.96. The maximum Gasteiger partial charge on any atom is 0.0260 e. The Kier molecular flexibility index (Phi) is 2.61. The van der Waals surface area contributed by atoms with Crippen LogP contribution in [0.4, 0.5) is 0 Å². The van der Waals surface area contributed by atoms with Gasteiger partial charge in [-0.05, 0) is 32.0 Å². The van der Waals surface area contributed by atoms with Crippen molar-refractivity contribution in [1.29, 1.82) is 0 Å². The molecule has 1 heterocycles. The van der Waals surface area contributed by atoms with Gasteiger partial charge in [-0.25, -0.2) is 0 Å². The summed E-state index contributed by atoms with van der Waals surface area (Å²) in [5.41, 5.74) is 2.91. The van der Waals surface area contributed by atoms with Crippen LogP contribution in [-0.2, 0) is 6.42 Å². The van der Waals surface area contributed by atoms with Crippen molar-refractivity contribution in [3.8, 4) is 0 Å². The predicted octanol–water partition coefficient (Wildman–Crippen LogP) is 2.23. The third-order valence-electron chi connectivity index (χ3n) is 2.39. The van der Waals surface area contributed by atoms with Gasteiger partial charge < -0.3 is 5.32 Å². The van der Waals surface area contributed by atoms with Crippen LogP contribution in [0.25, 0.3) is 0 Å². The van der Waals surface area contributed by atoms with E-state index in [-0.39, 0.29) is 0 Å². The molecule has 1 nitrogen and oxygen atoms in total. The van der Waals surface area contributed by atoms with E-state index in [1.807, 2.05) is 18.8 Å². The number of benzene rings is 1. The van der Waals surface area contributed by atoms with E-state index in [2.05, 4.69) is 30.4 Å². The smallest absolute Gasteiger partial charge is 0.0260 e. The lowest BCUT2D eigenvalue weighted by molar-refractivity contribution is 0.748. The highest BCUT2D eigenvalue weighted by Gasteiger charge is 2.20. The first-order valence-electron chi connectivity index (χ1n) is 4.70. The van der Waals surface area contributed by atoms with Crippen molar-refractivity contribution in [3.63, 3.8) is 0 Å². The van der Waals surface area contributed by atoms with Crippen LogP contribution in [0.2, 0.25) is 0 Å². The third-order valence-corrected chi connectivity index (χ3v) is 3.71. The van der Waals surface area contributed by atoms with E-state index in [0.717, 1.165) is 11.8 Å². The fourth-order valence-electron chi connectivity index (χ4n) is 1.79. The number of fused-ring (bicyclic) bond motifs is 1. The van der Waals surface area contributed by atoms with E-state index in [9.17, 15) is 0 Å². The molecule has 0 saturated carbocycles. The number of rotatable bonds is 2. The maximum absolute atomic E-state index is 3.24. The van der Waals surface area contributed by atoms with Crippen molar-refractivity contribution in [3.05, 3.63) is 29.3 Å². The molecule has 0 radical (unpaired) electrons. The Hall–Kier alpha value is -0.470. The van der Waals surface area contributed by atoms with Gasteiger partial charge in [-0.1, -0.05) is 17.7 Å². The average molecular weight is 193 g/mol. The van der Waals surface area contributed by atoms with Crippen LogP contribution < -0.4 is 5.32 Å². The minimum atomic E-state index is 0.738. The highest BCUT2D eigenvalue weighted by molar-refractivity contribution is 8.00. The molecule has 0 aromatic heterocycles. The van der Waals surface area contributed by atoms with Gasteiger partial charge in [-0.3, -0.25) is 0 Å². The van der Waals surface area contributed by atoms with Crippen LogP contribution in [0.5, 0.6) is 0 Å². The Labute approximate surface area is 83.9 Å². The van der Waals surface area contributed by atoms with Gasteiger partial charge in [-0.15, -0.1) is 11.8 Å². The van der Waals surface area contributed by atoms with Crippen molar-refractivity contribution < 1.29 is 0 Å². The van der Waals surface area contributed by atoms with Gasteiger partial charge in [0, 0.05) is 16.7 Å². The van der Waals surface area contributed by atoms with Crippen molar-refractivity contribution in [2.75, 3.05) is 13.6 Å². The standard InChI is InChI=1S/C11H15NS/c1-8-3-4-11-9(5-8)6-10(13-11)7-12-2/h3-5,10,12H,6-7H2,1-2H3. The Morgan fingerprint density at radius 2 is 2.38 bits per heavy atom. The molecular weight excluding hydrogens is 178 g/mol. The van der Waals surface area contributed by atoms with Crippen LogP contribution in [0, 0.1) is 6.92 Å². The lowest BCUT2D eigenvalue weighted by atomic mass is 10.1. The topological polar surface area (TPSA) is 12.0 Å². The lowest BCUT2D eigenvalue weighted by Gasteiger charge is -2.05. The summed E-state index contributed by atoms with van der Waals surface area (Å²) in [5, 5.41) is 3.98. The Morgan fingerprint density at radius 1 is 1.54 bits per heavy atom. The minimum absolute atomic E-state index is 0.738. The van der Waals surface area contributed by atoms with Gasteiger partial charge in [0.15, 0.2) is 0 Å². The molecule has 1 aromatic carbocycles. The zero-order valence-electron chi connectivity index (χ0n) is 8.13. The number of hydrogen-bond acceptors (Lipinski definition) is 2. The summed E-state index contributed by atoms with van der Waals surface area (Å²) in [4.78, 5) is 1.48. The largest absolute Gasteiger partial charge is 0.319 e. The lowest BCUT2D eigenvalue weighted by Crippen LogP contribution is -2.20. The van der Waals surface area contributed by atoms with Crippen LogP contribution in [0.15, 0.2) is 23.1 Å². The van der Waals surface area contributed by atoms with Crippen molar-refractivity contribution in [2.45, 2.75) is 23.5 Å². The summed E-state index contributed by atoms with van der Waals surface area (Å²) in [5.74, 6) is 0. The molecule has 1 aliphatic rings. The second kappa shape index (κ2) is 3.72. The summed E-state index contributed by atoms with van der Waals surface area (Å²) in [6.07, 6.45) is 1.22. The van der Waals surface area contributed by atoms with E-state index >= 15 is 0 Å². The SMILES string of the molecule is CNCC1Cc2cc(C)ccc2S1. The van der Waals surface area contributed by atoms with Gasteiger partial charge in [0.2, 0.25) is 0 Å². The maximum atomic E-state index is 3.24. The average Bonchev–Trinajstić information content (AvgIpc) is 2.46. The molecule has 0 spiro atoms. The number of hydrogen-bond donors (Lipinski definition) is 1. The van der Waals surface area contributed by atoms with Crippen LogP contribution in [0.1, 0.15) is 11.1 Å². The van der Waals surface area contributed by atoms with Gasteiger partial charge >= 0.3 is 0 Å². The quantitative estimate of drug-likeness (QED) is 0.773. The Morgan fingerprint density at radius 3 is 3.15 bits per heavy atom. The van der Waals surface area contributed by atoms with Crippen LogP contribution >= 0.6 is 11.8 Å². The summed E-state index contributed by atoms with van der Waals surface area (Å²) in [6.45, 7) is 3.27. The molecule has 1 N–H and O–H groups in total. The molecular formula is C11H15NS. The van der Waals surface area contributed by atoms with E-state index in [0.29, 0.717) is 0 Å². The van der Waals surface area contributed by atoms with Crippen LogP contribution in [0.3, 0.4) is 0 Å². The molecule has 70 valence electrons. The minimum Gasteiger partial charge on any atom is -0.319 e. The first-order valence-corrected chi connectivity index (χ1v) is 5.58. The predicted molar refractivity (Wildman–Crippen MR) is 58.5 cm³/mol. The Balaban J connectivity index is 2.16. The molecule has 1 atom stereocenters. The number of thioether (sulfide) groups is 1. The molecule has 1 unspecified atom stereocenters. The van der Waals surface area contributed by atoms with E-state index in [4.69, 9.17) is 0 Å². The van der Waals surface area contributed by atoms with Crippen molar-refractivity contribution >= 4 is 11.8 Å². The molecule has 0 fully saturated rings. The molecule has 0 amide bonds. The first kappa shape index (κ1) is 9.10. The normalized spacial score (nSPS) is 20.3. The summed E-state index contributed by atoms with van der Waals surface area (Å²) >= 11 is 2.01. The zero-order chi connectivity index (χ0) is 9.26. The molecule has 1 aliphatic heterocycles. The fraction of sp³-hybridized carbons (Fsp3) is 0.455. The van der Waals surface area contributed by atoms with Gasteiger partial charge in [-0.2, -0.15) is 0 Å². The molecule has 2 rings (SSSR count). The van der Waals surface area contributed by atoms with Crippen LogP contribution in [-0.4, -0.2) is 18.8 Å². The number of nitrogens with one attached hydrogen (secondary N) is 1. The fourth-order valence-corrected chi connectivity index (χ4v) is 3.10. The molecule has 1 aromatic rings. The molecule has 0 aliphatic carbocycles. The van der Waals surface area contributed by atoms with Gasteiger partial charge in [0.1, 0.15) is 0 Å². The highest BCUT2D eigenvalue weighted by Crippen LogP contribution is 2.36. The van der Waals surface area contributed by atoms with Crippen molar-refractivity contribution in [1.82, 2.24) is 5.32 Å². The molecule has 0 bridgehead atoms. The number of aryl methyl sites for hydroxylation is 1. The monoisotopic (exact) mass is 193 g/mol. The summed E-state index contributed by atoms with van der Waals surface area (Å²) in [6, 6.07) is 6.77. The van der Waals surface area contributed by atoms with E-state index in [1.54, 1.807) is 0 Å². The zero-order valence-corrected chi connectivity index (χ0v) is 8.95. The highest BCUT2D eigenvalue weighted by atomic mass is 32.2. The molecule has 13 heavy (non-hydrogen) atoms. The van der Waals surface area contributed by atoms with Gasteiger partial charge in [0.05, 0.1) is 0 Å². The summed E-state index contributed by atoms with van der Waals surface area (Å²) < 4.78 is 0. The molecule has 2 heteroatoms. The van der Waals surface area contributed by atoms with E-state index in [1.165, 1.54) is 22.4 Å². The molecule has 0 saturated heterocycles. The second-order valence-electron chi connectivity index (χ2n) is 3.61. The van der Waals surface area contributed by atoms with E-state index < -0.39 is 0 Å². The summed E-state index contributed by atoms with van der Waals surface area (Å²) in [7, 11) is 2.02. The van der Waals surface area contributed by atoms with Crippen molar-refractivity contribution in [2.24, 2.45) is 0 Å².